The molecule has 9 heteroatoms. The van der Waals surface area contributed by atoms with E-state index in [0.29, 0.717) is 14.9 Å². The molecule has 3 aromatic rings. The zero-order valence-electron chi connectivity index (χ0n) is 9.09. The van der Waals surface area contributed by atoms with E-state index in [1.807, 2.05) is 0 Å². The predicted molar refractivity (Wildman–Crippen MR) is 68.9 cm³/mol. The Balaban J connectivity index is 2.57. The fourth-order valence-electron chi connectivity index (χ4n) is 1.83. The van der Waals surface area contributed by atoms with Gasteiger partial charge in [-0.1, -0.05) is 0 Å². The second-order valence-electron chi connectivity index (χ2n) is 3.81. The second kappa shape index (κ2) is 3.65. The fraction of sp³-hybridized carbons (Fsp3) is 0. The van der Waals surface area contributed by atoms with Crippen molar-refractivity contribution in [2.24, 2.45) is 0 Å². The average molecular weight is 279 g/mol. The van der Waals surface area contributed by atoms with Gasteiger partial charge in [-0.05, 0) is 0 Å². The van der Waals surface area contributed by atoms with Crippen LogP contribution in [0.5, 0.6) is 5.75 Å². The number of nitrogens with zero attached hydrogens (tertiary/aromatic N) is 1. The molecule has 0 unspecified atom stereocenters. The number of hydrogen-bond donors (Lipinski definition) is 3. The van der Waals surface area contributed by atoms with Crippen molar-refractivity contribution < 1.29 is 10.0 Å². The molecule has 0 aromatic carbocycles. The van der Waals surface area contributed by atoms with Gasteiger partial charge in [0, 0.05) is 17.5 Å². The van der Waals surface area contributed by atoms with Crippen LogP contribution in [0.4, 0.5) is 5.69 Å². The lowest BCUT2D eigenvalue weighted by molar-refractivity contribution is -0.386. The third-order valence-corrected chi connectivity index (χ3v) is 3.77. The third-order valence-electron chi connectivity index (χ3n) is 2.63. The van der Waals surface area contributed by atoms with Gasteiger partial charge in [-0.15, -0.1) is 11.3 Å². The van der Waals surface area contributed by atoms with Crippen LogP contribution < -0.4 is 11.1 Å². The van der Waals surface area contributed by atoms with E-state index in [2.05, 4.69) is 9.97 Å². The molecule has 0 bridgehead atoms. The number of thiophene rings is 1. The second-order valence-corrected chi connectivity index (χ2v) is 4.83. The molecule has 3 heterocycles. The van der Waals surface area contributed by atoms with Crippen LogP contribution in [0.3, 0.4) is 0 Å². The van der Waals surface area contributed by atoms with E-state index in [-0.39, 0.29) is 11.3 Å². The Kier molecular flexibility index (Phi) is 2.20. The molecule has 0 fully saturated rings. The summed E-state index contributed by atoms with van der Waals surface area (Å²) in [5.74, 6) is -0.233. The smallest absolute Gasteiger partial charge is 0.334 e. The Hall–Kier alpha value is -2.68. The van der Waals surface area contributed by atoms with Gasteiger partial charge in [0.25, 0.3) is 5.56 Å². The molecule has 0 aliphatic carbocycles. The Morgan fingerprint density at radius 1 is 1.26 bits per heavy atom. The lowest BCUT2D eigenvalue weighted by Gasteiger charge is -1.94. The number of rotatable bonds is 1. The minimum absolute atomic E-state index is 0.233. The predicted octanol–water partition coefficient (Wildman–Crippen LogP) is 1.04. The van der Waals surface area contributed by atoms with Gasteiger partial charge < -0.3 is 15.1 Å². The number of aromatic amines is 2. The molecule has 0 aliphatic heterocycles. The highest BCUT2D eigenvalue weighted by Gasteiger charge is 2.18. The van der Waals surface area contributed by atoms with Crippen LogP contribution in [0.1, 0.15) is 0 Å². The number of nitro groups is 1. The molecule has 3 aromatic heterocycles. The molecule has 3 rings (SSSR count). The average Bonchev–Trinajstić information content (AvgIpc) is 2.65. The fourth-order valence-corrected chi connectivity index (χ4v) is 2.88. The van der Waals surface area contributed by atoms with Crippen molar-refractivity contribution in [2.45, 2.75) is 0 Å². The molecular formula is C10H5N3O5S. The van der Waals surface area contributed by atoms with Crippen molar-refractivity contribution in [3.63, 3.8) is 0 Å². The number of aromatic nitrogens is 2. The lowest BCUT2D eigenvalue weighted by Crippen LogP contribution is -2.10. The maximum absolute atomic E-state index is 11.5. The number of aromatic hydroxyl groups is 1. The first-order valence-electron chi connectivity index (χ1n) is 5.03. The van der Waals surface area contributed by atoms with E-state index >= 15 is 0 Å². The van der Waals surface area contributed by atoms with Crippen LogP contribution in [0.25, 0.3) is 20.4 Å². The summed E-state index contributed by atoms with van der Waals surface area (Å²) in [4.78, 5) is 37.9. The molecular weight excluding hydrogens is 274 g/mol. The van der Waals surface area contributed by atoms with E-state index in [4.69, 9.17) is 0 Å². The SMILES string of the molecule is O=c1cc(O)c2sc3[nH]c(=O)c([N+](=O)[O-])cc3c2[nH]1. The van der Waals surface area contributed by atoms with Gasteiger partial charge in [-0.3, -0.25) is 19.7 Å². The Morgan fingerprint density at radius 3 is 2.68 bits per heavy atom. The lowest BCUT2D eigenvalue weighted by atomic mass is 10.2. The van der Waals surface area contributed by atoms with E-state index < -0.39 is 21.7 Å². The number of hydrogen-bond acceptors (Lipinski definition) is 6. The summed E-state index contributed by atoms with van der Waals surface area (Å²) in [6.45, 7) is 0. The van der Waals surface area contributed by atoms with Crippen LogP contribution in [0.15, 0.2) is 21.7 Å². The van der Waals surface area contributed by atoms with Crippen molar-refractivity contribution in [3.8, 4) is 5.75 Å². The number of pyridine rings is 2. The van der Waals surface area contributed by atoms with Crippen molar-refractivity contribution in [2.75, 3.05) is 0 Å². The summed E-state index contributed by atoms with van der Waals surface area (Å²) >= 11 is 1.03. The minimum atomic E-state index is -0.828. The molecule has 0 amide bonds. The quantitative estimate of drug-likeness (QED) is 0.452. The first kappa shape index (κ1) is 11.4. The maximum atomic E-state index is 11.5. The van der Waals surface area contributed by atoms with Gasteiger partial charge in [0.15, 0.2) is 0 Å². The number of nitrogens with one attached hydrogen (secondary N) is 2. The molecule has 0 spiro atoms. The zero-order chi connectivity index (χ0) is 13.7. The topological polar surface area (TPSA) is 129 Å². The normalized spacial score (nSPS) is 11.2. The molecule has 0 saturated carbocycles. The maximum Gasteiger partial charge on any atom is 0.334 e. The Bertz CT molecular complexity index is 951. The minimum Gasteiger partial charge on any atom is -0.506 e. The van der Waals surface area contributed by atoms with Crippen LogP contribution in [-0.4, -0.2) is 20.0 Å². The van der Waals surface area contributed by atoms with Crippen molar-refractivity contribution in [1.29, 1.82) is 0 Å². The van der Waals surface area contributed by atoms with Gasteiger partial charge in [0.2, 0.25) is 0 Å². The van der Waals surface area contributed by atoms with Crippen LogP contribution in [-0.2, 0) is 0 Å². The molecule has 8 nitrogen and oxygen atoms in total. The van der Waals surface area contributed by atoms with Crippen LogP contribution in [0.2, 0.25) is 0 Å². The first-order valence-corrected chi connectivity index (χ1v) is 5.85. The van der Waals surface area contributed by atoms with Crippen LogP contribution in [0, 0.1) is 10.1 Å². The Labute approximate surface area is 107 Å². The molecule has 96 valence electrons. The molecule has 0 radical (unpaired) electrons. The van der Waals surface area contributed by atoms with E-state index in [9.17, 15) is 24.8 Å². The van der Waals surface area contributed by atoms with Crippen molar-refractivity contribution in [1.82, 2.24) is 9.97 Å². The highest BCUT2D eigenvalue weighted by atomic mass is 32.1. The summed E-state index contributed by atoms with van der Waals surface area (Å²) in [6, 6.07) is 2.09. The van der Waals surface area contributed by atoms with E-state index in [1.54, 1.807) is 0 Å². The number of H-pyrrole nitrogens is 2. The van der Waals surface area contributed by atoms with E-state index in [0.717, 1.165) is 23.5 Å². The Morgan fingerprint density at radius 2 is 2.00 bits per heavy atom. The monoisotopic (exact) mass is 279 g/mol. The van der Waals surface area contributed by atoms with Gasteiger partial charge in [-0.25, -0.2) is 0 Å². The highest BCUT2D eigenvalue weighted by molar-refractivity contribution is 7.25. The van der Waals surface area contributed by atoms with Gasteiger partial charge in [0.1, 0.15) is 10.6 Å². The van der Waals surface area contributed by atoms with Crippen molar-refractivity contribution >= 4 is 37.5 Å². The van der Waals surface area contributed by atoms with Crippen molar-refractivity contribution in [3.05, 3.63) is 43.0 Å². The zero-order valence-corrected chi connectivity index (χ0v) is 9.91. The van der Waals surface area contributed by atoms with E-state index in [1.165, 1.54) is 0 Å². The van der Waals surface area contributed by atoms with Gasteiger partial charge >= 0.3 is 11.2 Å². The van der Waals surface area contributed by atoms with Gasteiger partial charge in [-0.2, -0.15) is 0 Å². The standard InChI is InChI=1S/C10H5N3O5S/c14-5-2-6(15)11-7-3-1-4(13(17)18)9(16)12-10(3)19-8(5)7/h1-2H,(H,12,16)(H2,11,14,15). The molecule has 0 aliphatic rings. The molecule has 3 N–H and O–H groups in total. The molecule has 0 atom stereocenters. The molecule has 0 saturated heterocycles. The molecule has 19 heavy (non-hydrogen) atoms. The summed E-state index contributed by atoms with van der Waals surface area (Å²) < 4.78 is 0.353. The summed E-state index contributed by atoms with van der Waals surface area (Å²) in [6.07, 6.45) is 0. The number of fused-ring (bicyclic) bond motifs is 3. The highest BCUT2D eigenvalue weighted by Crippen LogP contribution is 2.35. The largest absolute Gasteiger partial charge is 0.506 e. The van der Waals surface area contributed by atoms with Crippen LogP contribution >= 0.6 is 11.3 Å². The summed E-state index contributed by atoms with van der Waals surface area (Å²) in [7, 11) is 0. The summed E-state index contributed by atoms with van der Waals surface area (Å²) in [5, 5.41) is 20.7. The summed E-state index contributed by atoms with van der Waals surface area (Å²) in [5.41, 5.74) is -1.70. The third kappa shape index (κ3) is 1.59. The first-order chi connectivity index (χ1) is 8.97. The van der Waals surface area contributed by atoms with Gasteiger partial charge in [0.05, 0.1) is 15.1 Å².